The Morgan fingerprint density at radius 3 is 2.79 bits per heavy atom. The molecular formula is C15H21N3O. The van der Waals surface area contributed by atoms with Gasteiger partial charge in [-0.2, -0.15) is 5.10 Å². The summed E-state index contributed by atoms with van der Waals surface area (Å²) in [5, 5.41) is 7.89. The Labute approximate surface area is 114 Å². The highest BCUT2D eigenvalue weighted by atomic mass is 16.5. The highest BCUT2D eigenvalue weighted by Crippen LogP contribution is 2.15. The highest BCUT2D eigenvalue weighted by molar-refractivity contribution is 5.31. The Balaban J connectivity index is 2.14. The van der Waals surface area contributed by atoms with Crippen LogP contribution in [-0.4, -0.2) is 30.0 Å². The third-order valence-corrected chi connectivity index (χ3v) is 3.00. The van der Waals surface area contributed by atoms with Crippen molar-refractivity contribution in [3.05, 3.63) is 48.3 Å². The molecule has 4 nitrogen and oxygen atoms in total. The zero-order chi connectivity index (χ0) is 13.5. The van der Waals surface area contributed by atoms with Crippen LogP contribution in [0.1, 0.15) is 24.9 Å². The number of hydrogen-bond acceptors (Lipinski definition) is 3. The van der Waals surface area contributed by atoms with Crippen molar-refractivity contribution in [2.24, 2.45) is 0 Å². The van der Waals surface area contributed by atoms with Crippen molar-refractivity contribution >= 4 is 0 Å². The average molecular weight is 259 g/mol. The molecule has 102 valence electrons. The van der Waals surface area contributed by atoms with Crippen LogP contribution in [0.3, 0.4) is 0 Å². The first kappa shape index (κ1) is 13.8. The van der Waals surface area contributed by atoms with Crippen LogP contribution in [0.4, 0.5) is 0 Å². The second kappa shape index (κ2) is 7.07. The number of aromatic nitrogens is 2. The van der Waals surface area contributed by atoms with Crippen LogP contribution in [0.15, 0.2) is 42.7 Å². The fourth-order valence-electron chi connectivity index (χ4n) is 2.00. The summed E-state index contributed by atoms with van der Waals surface area (Å²) in [4.78, 5) is 0. The largest absolute Gasteiger partial charge is 0.383 e. The van der Waals surface area contributed by atoms with Gasteiger partial charge in [0.25, 0.3) is 0 Å². The van der Waals surface area contributed by atoms with E-state index in [2.05, 4.69) is 23.5 Å². The minimum Gasteiger partial charge on any atom is -0.383 e. The summed E-state index contributed by atoms with van der Waals surface area (Å²) >= 11 is 0. The van der Waals surface area contributed by atoms with Crippen LogP contribution in [0.5, 0.6) is 0 Å². The van der Waals surface area contributed by atoms with Gasteiger partial charge in [0.05, 0.1) is 24.5 Å². The second-order valence-electron chi connectivity index (χ2n) is 4.52. The number of nitrogens with zero attached hydrogens (tertiary/aromatic N) is 2. The van der Waals surface area contributed by atoms with Gasteiger partial charge in [0.15, 0.2) is 0 Å². The molecule has 1 unspecified atom stereocenters. The van der Waals surface area contributed by atoms with E-state index >= 15 is 0 Å². The molecule has 2 aromatic rings. The summed E-state index contributed by atoms with van der Waals surface area (Å²) in [5.41, 5.74) is 2.22. The SMILES string of the molecule is CCCNC(COC)c1cnn(-c2ccccc2)c1. The van der Waals surface area contributed by atoms with Crippen molar-refractivity contribution in [3.63, 3.8) is 0 Å². The summed E-state index contributed by atoms with van der Waals surface area (Å²) in [6.45, 7) is 3.79. The van der Waals surface area contributed by atoms with Gasteiger partial charge < -0.3 is 10.1 Å². The molecule has 19 heavy (non-hydrogen) atoms. The number of ether oxygens (including phenoxy) is 1. The molecule has 0 spiro atoms. The predicted molar refractivity (Wildman–Crippen MR) is 76.5 cm³/mol. The molecule has 1 aromatic carbocycles. The fraction of sp³-hybridized carbons (Fsp3) is 0.400. The van der Waals surface area contributed by atoms with Crippen LogP contribution in [0.25, 0.3) is 5.69 Å². The van der Waals surface area contributed by atoms with Gasteiger partial charge in [-0.25, -0.2) is 4.68 Å². The van der Waals surface area contributed by atoms with Gasteiger partial charge in [-0.05, 0) is 25.1 Å². The minimum absolute atomic E-state index is 0.197. The maximum atomic E-state index is 5.27. The van der Waals surface area contributed by atoms with E-state index in [0.29, 0.717) is 6.61 Å². The van der Waals surface area contributed by atoms with Gasteiger partial charge in [-0.3, -0.25) is 0 Å². The van der Waals surface area contributed by atoms with Gasteiger partial charge in [-0.1, -0.05) is 25.1 Å². The topological polar surface area (TPSA) is 39.1 Å². The van der Waals surface area contributed by atoms with Crippen LogP contribution in [-0.2, 0) is 4.74 Å². The van der Waals surface area contributed by atoms with E-state index in [9.17, 15) is 0 Å². The number of benzene rings is 1. The molecule has 0 aliphatic heterocycles. The lowest BCUT2D eigenvalue weighted by atomic mass is 10.1. The highest BCUT2D eigenvalue weighted by Gasteiger charge is 2.12. The van der Waals surface area contributed by atoms with E-state index in [1.807, 2.05) is 41.2 Å². The zero-order valence-electron chi connectivity index (χ0n) is 11.5. The van der Waals surface area contributed by atoms with E-state index in [0.717, 1.165) is 24.2 Å². The normalized spacial score (nSPS) is 12.5. The molecule has 0 saturated heterocycles. The summed E-state index contributed by atoms with van der Waals surface area (Å²) < 4.78 is 7.17. The third-order valence-electron chi connectivity index (χ3n) is 3.00. The van der Waals surface area contributed by atoms with E-state index < -0.39 is 0 Å². The lowest BCUT2D eigenvalue weighted by Gasteiger charge is -2.15. The first-order chi connectivity index (χ1) is 9.35. The van der Waals surface area contributed by atoms with E-state index in [4.69, 9.17) is 4.74 Å². The summed E-state index contributed by atoms with van der Waals surface area (Å²) in [5.74, 6) is 0. The van der Waals surface area contributed by atoms with Gasteiger partial charge >= 0.3 is 0 Å². The molecule has 0 radical (unpaired) electrons. The summed E-state index contributed by atoms with van der Waals surface area (Å²) in [7, 11) is 1.72. The third kappa shape index (κ3) is 3.66. The molecule has 1 aromatic heterocycles. The Hall–Kier alpha value is -1.65. The number of para-hydroxylation sites is 1. The molecule has 1 heterocycles. The number of rotatable bonds is 7. The molecular weight excluding hydrogens is 238 g/mol. The Morgan fingerprint density at radius 1 is 1.32 bits per heavy atom. The zero-order valence-corrected chi connectivity index (χ0v) is 11.5. The van der Waals surface area contributed by atoms with Crippen molar-refractivity contribution in [1.82, 2.24) is 15.1 Å². The van der Waals surface area contributed by atoms with Gasteiger partial charge in [0.2, 0.25) is 0 Å². The van der Waals surface area contributed by atoms with Crippen LogP contribution in [0, 0.1) is 0 Å². The van der Waals surface area contributed by atoms with E-state index in [1.54, 1.807) is 7.11 Å². The van der Waals surface area contributed by atoms with Crippen LogP contribution < -0.4 is 5.32 Å². The summed E-state index contributed by atoms with van der Waals surface area (Å²) in [6.07, 6.45) is 5.06. The Bertz CT molecular complexity index is 481. The molecule has 2 rings (SSSR count). The number of methoxy groups -OCH3 is 1. The molecule has 1 N–H and O–H groups in total. The molecule has 0 fully saturated rings. The summed E-state index contributed by atoms with van der Waals surface area (Å²) in [6, 6.07) is 10.3. The average Bonchev–Trinajstić information content (AvgIpc) is 2.94. The monoisotopic (exact) mass is 259 g/mol. The van der Waals surface area contributed by atoms with Gasteiger partial charge in [-0.15, -0.1) is 0 Å². The van der Waals surface area contributed by atoms with Crippen molar-refractivity contribution in [2.45, 2.75) is 19.4 Å². The molecule has 0 aliphatic rings. The molecule has 0 bridgehead atoms. The Morgan fingerprint density at radius 2 is 2.11 bits per heavy atom. The first-order valence-corrected chi connectivity index (χ1v) is 6.67. The maximum Gasteiger partial charge on any atom is 0.0658 e. The molecule has 1 atom stereocenters. The number of nitrogens with one attached hydrogen (secondary N) is 1. The minimum atomic E-state index is 0.197. The molecule has 0 saturated carbocycles. The molecule has 0 aliphatic carbocycles. The van der Waals surface area contributed by atoms with Crippen molar-refractivity contribution < 1.29 is 4.74 Å². The van der Waals surface area contributed by atoms with E-state index in [-0.39, 0.29) is 6.04 Å². The van der Waals surface area contributed by atoms with Crippen molar-refractivity contribution in [1.29, 1.82) is 0 Å². The van der Waals surface area contributed by atoms with E-state index in [1.165, 1.54) is 0 Å². The van der Waals surface area contributed by atoms with Gasteiger partial charge in [0.1, 0.15) is 0 Å². The lowest BCUT2D eigenvalue weighted by Crippen LogP contribution is -2.25. The van der Waals surface area contributed by atoms with Crippen LogP contribution >= 0.6 is 0 Å². The van der Waals surface area contributed by atoms with Gasteiger partial charge in [0, 0.05) is 18.9 Å². The van der Waals surface area contributed by atoms with Crippen LogP contribution in [0.2, 0.25) is 0 Å². The fourth-order valence-corrected chi connectivity index (χ4v) is 2.00. The maximum absolute atomic E-state index is 5.27. The number of hydrogen-bond donors (Lipinski definition) is 1. The standard InChI is InChI=1S/C15H21N3O/c1-3-9-16-15(12-19-2)13-10-17-18(11-13)14-7-5-4-6-8-14/h4-8,10-11,15-16H,3,9,12H2,1-2H3. The quantitative estimate of drug-likeness (QED) is 0.830. The van der Waals surface area contributed by atoms with Crippen molar-refractivity contribution in [3.8, 4) is 5.69 Å². The van der Waals surface area contributed by atoms with Crippen molar-refractivity contribution in [2.75, 3.05) is 20.3 Å². The Kier molecular flexibility index (Phi) is 5.12. The lowest BCUT2D eigenvalue weighted by molar-refractivity contribution is 0.167. The molecule has 0 amide bonds. The first-order valence-electron chi connectivity index (χ1n) is 6.67. The smallest absolute Gasteiger partial charge is 0.0658 e. The molecule has 4 heteroatoms. The predicted octanol–water partition coefficient (Wildman–Crippen LogP) is 2.56. The second-order valence-corrected chi connectivity index (χ2v) is 4.52.